The maximum absolute atomic E-state index is 9.56. The fourth-order valence-electron chi connectivity index (χ4n) is 2.71. The molecule has 6 heteroatoms. The molecule has 0 saturated heterocycles. The van der Waals surface area contributed by atoms with Gasteiger partial charge in [-0.2, -0.15) is 0 Å². The van der Waals surface area contributed by atoms with Crippen LogP contribution in [0.3, 0.4) is 0 Å². The van der Waals surface area contributed by atoms with Crippen molar-refractivity contribution in [3.63, 3.8) is 0 Å². The van der Waals surface area contributed by atoms with Crippen LogP contribution in [-0.4, -0.2) is 25.3 Å². The standard InChI is InChI=1S/C20H16N4O2/c1-13-18(20-24-23-19(26-20)14-7-3-2-4-8-14)22-17(11-21-13)16-10-6-5-9-15(16)12-25/h2-11,25H,12H2,1H3. The Morgan fingerprint density at radius 1 is 0.923 bits per heavy atom. The van der Waals surface area contributed by atoms with Gasteiger partial charge in [-0.15, -0.1) is 10.2 Å². The van der Waals surface area contributed by atoms with Crippen molar-refractivity contribution in [1.29, 1.82) is 0 Å². The molecule has 0 aliphatic carbocycles. The summed E-state index contributed by atoms with van der Waals surface area (Å²) in [6.45, 7) is 1.77. The van der Waals surface area contributed by atoms with Crippen molar-refractivity contribution < 1.29 is 9.52 Å². The van der Waals surface area contributed by atoms with Gasteiger partial charge in [0.05, 0.1) is 24.2 Å². The average Bonchev–Trinajstić information content (AvgIpc) is 3.19. The quantitative estimate of drug-likeness (QED) is 0.608. The van der Waals surface area contributed by atoms with Gasteiger partial charge in [-0.1, -0.05) is 42.5 Å². The van der Waals surface area contributed by atoms with E-state index in [2.05, 4.69) is 20.2 Å². The minimum absolute atomic E-state index is 0.0697. The van der Waals surface area contributed by atoms with E-state index >= 15 is 0 Å². The predicted octanol–water partition coefficient (Wildman–Crippen LogP) is 3.66. The number of hydrogen-bond acceptors (Lipinski definition) is 6. The van der Waals surface area contributed by atoms with Crippen molar-refractivity contribution in [2.24, 2.45) is 0 Å². The fraction of sp³-hybridized carbons (Fsp3) is 0.100. The molecule has 0 fully saturated rings. The first-order valence-corrected chi connectivity index (χ1v) is 8.18. The number of aliphatic hydroxyl groups is 1. The third-order valence-electron chi connectivity index (χ3n) is 4.07. The highest BCUT2D eigenvalue weighted by molar-refractivity contribution is 5.66. The second kappa shape index (κ2) is 6.85. The van der Waals surface area contributed by atoms with Gasteiger partial charge in [-0.3, -0.25) is 4.98 Å². The van der Waals surface area contributed by atoms with Crippen LogP contribution in [0.5, 0.6) is 0 Å². The van der Waals surface area contributed by atoms with E-state index in [0.717, 1.165) is 16.7 Å². The molecule has 1 N–H and O–H groups in total. The summed E-state index contributed by atoms with van der Waals surface area (Å²) in [6.07, 6.45) is 1.68. The monoisotopic (exact) mass is 344 g/mol. The number of aryl methyl sites for hydroxylation is 1. The highest BCUT2D eigenvalue weighted by atomic mass is 16.4. The van der Waals surface area contributed by atoms with E-state index < -0.39 is 0 Å². The van der Waals surface area contributed by atoms with Crippen molar-refractivity contribution in [1.82, 2.24) is 20.2 Å². The summed E-state index contributed by atoms with van der Waals surface area (Å²) in [4.78, 5) is 9.08. The Bertz CT molecular complexity index is 1040. The molecule has 0 aliphatic rings. The molecule has 0 saturated carbocycles. The molecule has 6 nitrogen and oxygen atoms in total. The van der Waals surface area contributed by atoms with Crippen molar-refractivity contribution in [2.75, 3.05) is 0 Å². The zero-order chi connectivity index (χ0) is 17.9. The Kier molecular flexibility index (Phi) is 4.25. The molecule has 4 rings (SSSR count). The lowest BCUT2D eigenvalue weighted by molar-refractivity contribution is 0.282. The highest BCUT2D eigenvalue weighted by Gasteiger charge is 2.16. The second-order valence-electron chi connectivity index (χ2n) is 5.78. The van der Waals surface area contributed by atoms with Gasteiger partial charge in [-0.25, -0.2) is 4.98 Å². The molecule has 2 aromatic carbocycles. The molecule has 128 valence electrons. The van der Waals surface area contributed by atoms with Gasteiger partial charge in [0.1, 0.15) is 5.69 Å². The van der Waals surface area contributed by atoms with Crippen LogP contribution in [0, 0.1) is 6.92 Å². The normalized spacial score (nSPS) is 10.8. The van der Waals surface area contributed by atoms with Crippen LogP contribution < -0.4 is 0 Å². The number of aliphatic hydroxyl groups excluding tert-OH is 1. The van der Waals surface area contributed by atoms with Gasteiger partial charge in [0.2, 0.25) is 5.89 Å². The summed E-state index contributed by atoms with van der Waals surface area (Å²) in [5, 5.41) is 17.8. The van der Waals surface area contributed by atoms with Crippen LogP contribution in [0.2, 0.25) is 0 Å². The maximum Gasteiger partial charge on any atom is 0.268 e. The molecule has 0 aliphatic heterocycles. The van der Waals surface area contributed by atoms with E-state index in [4.69, 9.17) is 4.42 Å². The number of nitrogens with zero attached hydrogens (tertiary/aromatic N) is 4. The van der Waals surface area contributed by atoms with Crippen molar-refractivity contribution in [2.45, 2.75) is 13.5 Å². The first-order valence-electron chi connectivity index (χ1n) is 8.18. The van der Waals surface area contributed by atoms with Crippen LogP contribution in [0.25, 0.3) is 34.3 Å². The van der Waals surface area contributed by atoms with Gasteiger partial charge < -0.3 is 9.52 Å². The van der Waals surface area contributed by atoms with E-state index in [0.29, 0.717) is 28.9 Å². The zero-order valence-corrected chi connectivity index (χ0v) is 14.1. The molecule has 0 unspecified atom stereocenters. The first-order chi connectivity index (χ1) is 12.8. The third kappa shape index (κ3) is 2.98. The van der Waals surface area contributed by atoms with Gasteiger partial charge in [0.25, 0.3) is 5.89 Å². The van der Waals surface area contributed by atoms with Gasteiger partial charge >= 0.3 is 0 Å². The van der Waals surface area contributed by atoms with Gasteiger partial charge in [0, 0.05) is 11.1 Å². The first kappa shape index (κ1) is 16.1. The lowest BCUT2D eigenvalue weighted by Gasteiger charge is -2.08. The molecule has 4 aromatic rings. The number of benzene rings is 2. The smallest absolute Gasteiger partial charge is 0.268 e. The number of aromatic nitrogens is 4. The van der Waals surface area contributed by atoms with Gasteiger partial charge in [-0.05, 0) is 24.6 Å². The summed E-state index contributed by atoms with van der Waals surface area (Å²) in [7, 11) is 0. The van der Waals surface area contributed by atoms with Crippen LogP contribution in [0.4, 0.5) is 0 Å². The average molecular weight is 344 g/mol. The summed E-state index contributed by atoms with van der Waals surface area (Å²) in [6, 6.07) is 17.1. The largest absolute Gasteiger partial charge is 0.415 e. The summed E-state index contributed by atoms with van der Waals surface area (Å²) < 4.78 is 5.81. The second-order valence-corrected chi connectivity index (χ2v) is 5.78. The summed E-state index contributed by atoms with van der Waals surface area (Å²) in [5.74, 6) is 0.750. The van der Waals surface area contributed by atoms with Crippen LogP contribution in [0.15, 0.2) is 65.2 Å². The van der Waals surface area contributed by atoms with E-state index in [1.165, 1.54) is 0 Å². The van der Waals surface area contributed by atoms with Crippen molar-refractivity contribution >= 4 is 0 Å². The van der Waals surface area contributed by atoms with E-state index in [1.54, 1.807) is 6.20 Å². The van der Waals surface area contributed by atoms with Crippen LogP contribution in [0.1, 0.15) is 11.3 Å². The molecule has 26 heavy (non-hydrogen) atoms. The Labute approximate surface area is 150 Å². The molecule has 0 amide bonds. The topological polar surface area (TPSA) is 84.9 Å². The maximum atomic E-state index is 9.56. The Morgan fingerprint density at radius 2 is 1.65 bits per heavy atom. The van der Waals surface area contributed by atoms with E-state index in [1.807, 2.05) is 61.5 Å². The third-order valence-corrected chi connectivity index (χ3v) is 4.07. The Morgan fingerprint density at radius 3 is 2.46 bits per heavy atom. The number of rotatable bonds is 4. The van der Waals surface area contributed by atoms with Crippen LogP contribution >= 0.6 is 0 Å². The molecular formula is C20H16N4O2. The number of hydrogen-bond donors (Lipinski definition) is 1. The molecule has 0 bridgehead atoms. The summed E-state index contributed by atoms with van der Waals surface area (Å²) in [5.41, 5.74) is 4.33. The minimum atomic E-state index is -0.0697. The SMILES string of the molecule is Cc1ncc(-c2ccccc2CO)nc1-c1nnc(-c2ccccc2)o1. The molecular weight excluding hydrogens is 328 g/mol. The Balaban J connectivity index is 1.77. The van der Waals surface area contributed by atoms with Crippen LogP contribution in [-0.2, 0) is 6.61 Å². The van der Waals surface area contributed by atoms with E-state index in [9.17, 15) is 5.11 Å². The molecule has 2 aromatic heterocycles. The Hall–Kier alpha value is -3.38. The zero-order valence-electron chi connectivity index (χ0n) is 14.1. The van der Waals surface area contributed by atoms with Gasteiger partial charge in [0.15, 0.2) is 0 Å². The van der Waals surface area contributed by atoms with E-state index in [-0.39, 0.29) is 6.61 Å². The summed E-state index contributed by atoms with van der Waals surface area (Å²) >= 11 is 0. The van der Waals surface area contributed by atoms with Crippen molar-refractivity contribution in [3.8, 4) is 34.3 Å². The predicted molar refractivity (Wildman–Crippen MR) is 96.9 cm³/mol. The fourth-order valence-corrected chi connectivity index (χ4v) is 2.71. The molecule has 0 radical (unpaired) electrons. The van der Waals surface area contributed by atoms with Crippen molar-refractivity contribution in [3.05, 3.63) is 72.1 Å². The molecule has 0 spiro atoms. The molecule has 2 heterocycles. The minimum Gasteiger partial charge on any atom is -0.415 e. The lowest BCUT2D eigenvalue weighted by Crippen LogP contribution is -1.97. The highest BCUT2D eigenvalue weighted by Crippen LogP contribution is 2.27. The molecule has 0 atom stereocenters. The lowest BCUT2D eigenvalue weighted by atomic mass is 10.1.